The van der Waals surface area contributed by atoms with E-state index in [2.05, 4.69) is 0 Å². The van der Waals surface area contributed by atoms with Crippen molar-refractivity contribution in [2.45, 2.75) is 37.3 Å². The lowest BCUT2D eigenvalue weighted by Gasteiger charge is -2.34. The van der Waals surface area contributed by atoms with Gasteiger partial charge >= 0.3 is 12.4 Å². The zero-order valence-corrected chi connectivity index (χ0v) is 18.8. The first kappa shape index (κ1) is 26.3. The van der Waals surface area contributed by atoms with Crippen LogP contribution < -0.4 is 5.73 Å². The Balaban J connectivity index is 1.96. The van der Waals surface area contributed by atoms with Crippen LogP contribution in [0.15, 0.2) is 78.9 Å². The van der Waals surface area contributed by atoms with Gasteiger partial charge in [-0.25, -0.2) is 0 Å². The van der Waals surface area contributed by atoms with Gasteiger partial charge in [-0.2, -0.15) is 26.3 Å². The van der Waals surface area contributed by atoms with Crippen molar-refractivity contribution in [2.75, 3.05) is 7.05 Å². The minimum absolute atomic E-state index is 0.236. The predicted molar refractivity (Wildman–Crippen MR) is 120 cm³/mol. The van der Waals surface area contributed by atoms with Crippen molar-refractivity contribution in [2.24, 2.45) is 5.73 Å². The minimum atomic E-state index is -4.56. The maximum absolute atomic E-state index is 13.4. The van der Waals surface area contributed by atoms with Crippen molar-refractivity contribution in [1.82, 2.24) is 4.90 Å². The maximum atomic E-state index is 13.4. The fraction of sp³-hybridized carbons (Fsp3) is 0.269. The zero-order chi connectivity index (χ0) is 25.8. The van der Waals surface area contributed by atoms with Gasteiger partial charge in [0.2, 0.25) is 5.91 Å². The molecule has 9 heteroatoms. The number of rotatable bonds is 8. The topological polar surface area (TPSA) is 46.3 Å². The van der Waals surface area contributed by atoms with E-state index in [1.165, 1.54) is 24.3 Å². The largest absolute Gasteiger partial charge is 0.416 e. The number of halogens is 6. The summed E-state index contributed by atoms with van der Waals surface area (Å²) in [6, 6.07) is 16.4. The molecule has 0 aliphatic carbocycles. The Bertz CT molecular complexity index is 1130. The van der Waals surface area contributed by atoms with E-state index in [0.717, 1.165) is 24.3 Å². The Morgan fingerprint density at radius 2 is 1.37 bits per heavy atom. The average molecular weight is 494 g/mol. The Kier molecular flexibility index (Phi) is 7.90. The summed E-state index contributed by atoms with van der Waals surface area (Å²) in [5, 5.41) is 0. The first-order chi connectivity index (χ1) is 16.4. The highest BCUT2D eigenvalue weighted by molar-refractivity contribution is 5.81. The Labute approximate surface area is 199 Å². The lowest BCUT2D eigenvalue weighted by atomic mass is 9.93. The normalized spacial score (nSPS) is 14.1. The fourth-order valence-corrected chi connectivity index (χ4v) is 4.11. The van der Waals surface area contributed by atoms with E-state index in [-0.39, 0.29) is 12.8 Å². The Hall–Kier alpha value is -3.33. The third-order valence-electron chi connectivity index (χ3n) is 5.87. The average Bonchev–Trinajstić information content (AvgIpc) is 2.79. The third-order valence-corrected chi connectivity index (χ3v) is 5.87. The number of carbonyl (C=O) groups excluding carboxylic acids is 1. The van der Waals surface area contributed by atoms with E-state index in [0.29, 0.717) is 16.7 Å². The number of primary amides is 1. The molecule has 186 valence electrons. The van der Waals surface area contributed by atoms with Gasteiger partial charge in [-0.05, 0) is 60.8 Å². The van der Waals surface area contributed by atoms with Crippen LogP contribution in [-0.2, 0) is 23.6 Å². The summed E-state index contributed by atoms with van der Waals surface area (Å²) >= 11 is 0. The van der Waals surface area contributed by atoms with Crippen molar-refractivity contribution >= 4 is 5.91 Å². The van der Waals surface area contributed by atoms with Crippen molar-refractivity contribution in [3.05, 3.63) is 107 Å². The third kappa shape index (κ3) is 6.63. The van der Waals surface area contributed by atoms with Gasteiger partial charge in [0.25, 0.3) is 0 Å². The molecular formula is C26H24F6N2O. The second-order valence-corrected chi connectivity index (χ2v) is 8.25. The van der Waals surface area contributed by atoms with Crippen LogP contribution in [0.5, 0.6) is 0 Å². The molecule has 35 heavy (non-hydrogen) atoms. The number of hydrogen-bond donors (Lipinski definition) is 1. The molecule has 0 fully saturated rings. The molecule has 0 bridgehead atoms. The van der Waals surface area contributed by atoms with Crippen LogP contribution in [0, 0.1) is 0 Å². The van der Waals surface area contributed by atoms with Gasteiger partial charge in [-0.3, -0.25) is 9.69 Å². The van der Waals surface area contributed by atoms with Crippen LogP contribution >= 0.6 is 0 Å². The van der Waals surface area contributed by atoms with Gasteiger partial charge in [0, 0.05) is 6.04 Å². The number of hydrogen-bond acceptors (Lipinski definition) is 2. The summed E-state index contributed by atoms with van der Waals surface area (Å²) in [5.74, 6) is -0.676. The Morgan fingerprint density at radius 1 is 0.800 bits per heavy atom. The number of likely N-dealkylation sites (N-methyl/N-ethyl adjacent to an activating group) is 1. The predicted octanol–water partition coefficient (Wildman–Crippen LogP) is 6.56. The van der Waals surface area contributed by atoms with Crippen molar-refractivity contribution < 1.29 is 31.1 Å². The molecule has 2 N–H and O–H groups in total. The molecule has 0 radical (unpaired) electrons. The molecule has 0 saturated heterocycles. The molecule has 3 aromatic rings. The highest BCUT2D eigenvalue weighted by Crippen LogP contribution is 2.36. The molecule has 2 unspecified atom stereocenters. The lowest BCUT2D eigenvalue weighted by Crippen LogP contribution is -2.38. The molecule has 0 heterocycles. The van der Waals surface area contributed by atoms with E-state index in [4.69, 9.17) is 5.73 Å². The van der Waals surface area contributed by atoms with Crippen molar-refractivity contribution in [3.8, 4) is 0 Å². The van der Waals surface area contributed by atoms with Crippen LogP contribution in [0.2, 0.25) is 0 Å². The smallest absolute Gasteiger partial charge is 0.368 e. The SMILES string of the molecule is CN(C(CCc1ccc(C(F)(F)F)cc1)c1cccc(C(F)(F)F)c1)C(C(N)=O)c1ccccc1. The van der Waals surface area contributed by atoms with Crippen LogP contribution in [0.1, 0.15) is 46.3 Å². The summed E-state index contributed by atoms with van der Waals surface area (Å²) in [5.41, 5.74) is 5.54. The lowest BCUT2D eigenvalue weighted by molar-refractivity contribution is -0.138. The number of carbonyl (C=O) groups is 1. The molecule has 3 rings (SSSR count). The van der Waals surface area contributed by atoms with E-state index < -0.39 is 41.5 Å². The standard InChI is InChI=1S/C26H24F6N2O/c1-34(23(24(33)35)18-6-3-2-4-7-18)22(19-8-5-9-21(16-19)26(30,31)32)15-12-17-10-13-20(14-11-17)25(27,28)29/h2-11,13-14,16,22-23H,12,15H2,1H3,(H2,33,35). The number of benzene rings is 3. The molecule has 0 saturated carbocycles. The Morgan fingerprint density at radius 3 is 1.91 bits per heavy atom. The molecule has 3 aromatic carbocycles. The highest BCUT2D eigenvalue weighted by Gasteiger charge is 2.34. The summed E-state index contributed by atoms with van der Waals surface area (Å²) in [4.78, 5) is 14.0. The number of amides is 1. The van der Waals surface area contributed by atoms with Gasteiger partial charge in [0.15, 0.2) is 0 Å². The number of nitrogens with two attached hydrogens (primary N) is 1. The molecule has 1 amide bonds. The quantitative estimate of drug-likeness (QED) is 0.361. The van der Waals surface area contributed by atoms with Crippen LogP contribution in [0.25, 0.3) is 0 Å². The number of alkyl halides is 6. The van der Waals surface area contributed by atoms with Crippen molar-refractivity contribution in [3.63, 3.8) is 0 Å². The van der Waals surface area contributed by atoms with Gasteiger partial charge in [0.05, 0.1) is 11.1 Å². The monoisotopic (exact) mass is 494 g/mol. The fourth-order valence-electron chi connectivity index (χ4n) is 4.11. The summed E-state index contributed by atoms with van der Waals surface area (Å²) < 4.78 is 78.8. The molecule has 0 aliphatic rings. The summed E-state index contributed by atoms with van der Waals surface area (Å²) in [6.07, 6.45) is -8.53. The maximum Gasteiger partial charge on any atom is 0.416 e. The first-order valence-corrected chi connectivity index (χ1v) is 10.8. The van der Waals surface area contributed by atoms with Gasteiger partial charge in [-0.1, -0.05) is 54.6 Å². The minimum Gasteiger partial charge on any atom is -0.368 e. The van der Waals surface area contributed by atoms with E-state index in [1.54, 1.807) is 42.3 Å². The van der Waals surface area contributed by atoms with Crippen molar-refractivity contribution in [1.29, 1.82) is 0 Å². The van der Waals surface area contributed by atoms with E-state index >= 15 is 0 Å². The summed E-state index contributed by atoms with van der Waals surface area (Å²) in [6.45, 7) is 0. The van der Waals surface area contributed by atoms with Crippen LogP contribution in [0.4, 0.5) is 26.3 Å². The van der Waals surface area contributed by atoms with Crippen LogP contribution in [-0.4, -0.2) is 17.9 Å². The second-order valence-electron chi connectivity index (χ2n) is 8.25. The van der Waals surface area contributed by atoms with E-state index in [9.17, 15) is 31.1 Å². The van der Waals surface area contributed by atoms with Gasteiger partial charge < -0.3 is 5.73 Å². The molecule has 2 atom stereocenters. The molecule has 0 spiro atoms. The number of nitrogens with zero attached hydrogens (tertiary/aromatic N) is 1. The molecule has 0 aromatic heterocycles. The van der Waals surface area contributed by atoms with Gasteiger partial charge in [0.1, 0.15) is 6.04 Å². The number of aryl methyl sites for hydroxylation is 1. The summed E-state index contributed by atoms with van der Waals surface area (Å²) in [7, 11) is 1.60. The van der Waals surface area contributed by atoms with Gasteiger partial charge in [-0.15, -0.1) is 0 Å². The molecular weight excluding hydrogens is 470 g/mol. The highest BCUT2D eigenvalue weighted by atomic mass is 19.4. The van der Waals surface area contributed by atoms with E-state index in [1.807, 2.05) is 0 Å². The second kappa shape index (κ2) is 10.5. The van der Waals surface area contributed by atoms with Crippen LogP contribution in [0.3, 0.4) is 0 Å². The zero-order valence-electron chi connectivity index (χ0n) is 18.8. The molecule has 3 nitrogen and oxygen atoms in total. The molecule has 0 aliphatic heterocycles. The first-order valence-electron chi connectivity index (χ1n) is 10.8.